The van der Waals surface area contributed by atoms with Crippen molar-refractivity contribution in [3.8, 4) is 0 Å². The highest BCUT2D eigenvalue weighted by Gasteiger charge is 2.09. The summed E-state index contributed by atoms with van der Waals surface area (Å²) in [5.41, 5.74) is 4.28. The Kier molecular flexibility index (Phi) is 4.11. The van der Waals surface area contributed by atoms with Gasteiger partial charge in [0, 0.05) is 19.6 Å². The van der Waals surface area contributed by atoms with Gasteiger partial charge in [-0.1, -0.05) is 0 Å². The number of nitrogens with one attached hydrogen (secondary N) is 1. The van der Waals surface area contributed by atoms with Gasteiger partial charge in [-0.05, 0) is 12.6 Å². The molecule has 1 saturated heterocycles. The maximum absolute atomic E-state index is 6.79. The minimum atomic E-state index is 0.740. The summed E-state index contributed by atoms with van der Waals surface area (Å²) in [5.74, 6) is 0. The van der Waals surface area contributed by atoms with Crippen molar-refractivity contribution >= 4 is 6.21 Å². The topological polar surface area (TPSA) is 50.4 Å². The molecular formula is C7H14N3O. The van der Waals surface area contributed by atoms with Crippen LogP contribution in [0.25, 0.3) is 0 Å². The van der Waals surface area contributed by atoms with Crippen molar-refractivity contribution in [2.45, 2.75) is 6.42 Å². The molecule has 0 spiro atoms. The van der Waals surface area contributed by atoms with Crippen LogP contribution in [0.5, 0.6) is 0 Å². The van der Waals surface area contributed by atoms with E-state index in [0.29, 0.717) is 0 Å². The molecule has 4 heteroatoms. The molecule has 0 saturated carbocycles. The first kappa shape index (κ1) is 8.64. The molecule has 1 aliphatic heterocycles. The SMILES string of the molecule is N=CCC[N]N1CCOCC1. The molecule has 1 aliphatic rings. The third-order valence-corrected chi connectivity index (χ3v) is 1.56. The van der Waals surface area contributed by atoms with Crippen LogP contribution in [-0.2, 0) is 4.74 Å². The van der Waals surface area contributed by atoms with E-state index >= 15 is 0 Å². The van der Waals surface area contributed by atoms with Gasteiger partial charge in [-0.2, -0.15) is 5.43 Å². The fourth-order valence-corrected chi connectivity index (χ4v) is 0.959. The summed E-state index contributed by atoms with van der Waals surface area (Å²) in [6.45, 7) is 4.11. The first-order chi connectivity index (χ1) is 5.43. The van der Waals surface area contributed by atoms with E-state index in [0.717, 1.165) is 39.3 Å². The molecule has 1 rings (SSSR count). The number of ether oxygens (including phenoxy) is 1. The fraction of sp³-hybridized carbons (Fsp3) is 0.857. The van der Waals surface area contributed by atoms with Crippen LogP contribution >= 0.6 is 0 Å². The van der Waals surface area contributed by atoms with Gasteiger partial charge in [-0.3, -0.25) is 0 Å². The van der Waals surface area contributed by atoms with Crippen molar-refractivity contribution in [2.75, 3.05) is 32.8 Å². The second-order valence-corrected chi connectivity index (χ2v) is 2.42. The lowest BCUT2D eigenvalue weighted by atomic mass is 10.4. The summed E-state index contributed by atoms with van der Waals surface area (Å²) >= 11 is 0. The quantitative estimate of drug-likeness (QED) is 0.455. The second kappa shape index (κ2) is 5.23. The zero-order valence-electron chi connectivity index (χ0n) is 6.62. The number of nitrogens with zero attached hydrogens (tertiary/aromatic N) is 2. The molecule has 63 valence electrons. The zero-order valence-corrected chi connectivity index (χ0v) is 6.62. The minimum absolute atomic E-state index is 0.740. The normalized spacial score (nSPS) is 20.0. The molecular weight excluding hydrogens is 142 g/mol. The van der Waals surface area contributed by atoms with E-state index in [-0.39, 0.29) is 0 Å². The lowest BCUT2D eigenvalue weighted by Crippen LogP contribution is -2.41. The highest BCUT2D eigenvalue weighted by atomic mass is 16.5. The number of morpholine rings is 1. The van der Waals surface area contributed by atoms with Crippen LogP contribution in [0, 0.1) is 5.41 Å². The lowest BCUT2D eigenvalue weighted by Gasteiger charge is -2.24. The van der Waals surface area contributed by atoms with Gasteiger partial charge in [0.1, 0.15) is 0 Å². The Hall–Kier alpha value is -0.450. The monoisotopic (exact) mass is 156 g/mol. The first-order valence-electron chi connectivity index (χ1n) is 3.92. The van der Waals surface area contributed by atoms with E-state index in [9.17, 15) is 0 Å². The summed E-state index contributed by atoms with van der Waals surface area (Å²) in [7, 11) is 0. The van der Waals surface area contributed by atoms with Crippen LogP contribution in [0.15, 0.2) is 0 Å². The molecule has 1 fully saturated rings. The average molecular weight is 156 g/mol. The van der Waals surface area contributed by atoms with Gasteiger partial charge in [-0.15, -0.1) is 0 Å². The molecule has 1 N–H and O–H groups in total. The molecule has 0 aromatic carbocycles. The Morgan fingerprint density at radius 2 is 2.18 bits per heavy atom. The average Bonchev–Trinajstić information content (AvgIpc) is 2.07. The van der Waals surface area contributed by atoms with E-state index in [2.05, 4.69) is 5.43 Å². The first-order valence-corrected chi connectivity index (χ1v) is 3.92. The van der Waals surface area contributed by atoms with Crippen LogP contribution in [0.4, 0.5) is 0 Å². The molecule has 0 unspecified atom stereocenters. The van der Waals surface area contributed by atoms with Gasteiger partial charge >= 0.3 is 0 Å². The predicted octanol–water partition coefficient (Wildman–Crippen LogP) is -0.122. The van der Waals surface area contributed by atoms with Crippen molar-refractivity contribution in [3.63, 3.8) is 0 Å². The fourth-order valence-electron chi connectivity index (χ4n) is 0.959. The smallest absolute Gasteiger partial charge is 0.0608 e. The molecule has 0 amide bonds. The summed E-state index contributed by atoms with van der Waals surface area (Å²) in [4.78, 5) is 0. The minimum Gasteiger partial charge on any atom is -0.379 e. The standard InChI is InChI=1S/C7H14N3O/c8-2-1-3-9-10-4-6-11-7-5-10/h2,8H,1,3-7H2. The van der Waals surface area contributed by atoms with E-state index in [1.807, 2.05) is 5.01 Å². The number of rotatable bonds is 4. The van der Waals surface area contributed by atoms with Gasteiger partial charge in [0.15, 0.2) is 0 Å². The van der Waals surface area contributed by atoms with Gasteiger partial charge in [-0.25, -0.2) is 5.01 Å². The molecule has 0 aromatic heterocycles. The third-order valence-electron chi connectivity index (χ3n) is 1.56. The van der Waals surface area contributed by atoms with E-state index in [1.165, 1.54) is 6.21 Å². The van der Waals surface area contributed by atoms with Crippen molar-refractivity contribution < 1.29 is 4.74 Å². The zero-order chi connectivity index (χ0) is 7.94. The van der Waals surface area contributed by atoms with Gasteiger partial charge < -0.3 is 10.1 Å². The molecule has 0 bridgehead atoms. The Morgan fingerprint density at radius 3 is 2.82 bits per heavy atom. The maximum atomic E-state index is 6.79. The molecule has 0 atom stereocenters. The molecule has 1 heterocycles. The molecule has 1 radical (unpaired) electrons. The lowest BCUT2D eigenvalue weighted by molar-refractivity contribution is 0.00997. The van der Waals surface area contributed by atoms with Gasteiger partial charge in [0.2, 0.25) is 0 Å². The van der Waals surface area contributed by atoms with E-state index in [1.54, 1.807) is 0 Å². The number of hydrogen-bond donors (Lipinski definition) is 1. The highest BCUT2D eigenvalue weighted by molar-refractivity contribution is 5.52. The highest BCUT2D eigenvalue weighted by Crippen LogP contribution is 1.93. The summed E-state index contributed by atoms with van der Waals surface area (Å²) in [6.07, 6.45) is 2.14. The molecule has 11 heavy (non-hydrogen) atoms. The van der Waals surface area contributed by atoms with Crippen molar-refractivity contribution in [3.05, 3.63) is 0 Å². The second-order valence-electron chi connectivity index (χ2n) is 2.42. The maximum Gasteiger partial charge on any atom is 0.0608 e. The predicted molar refractivity (Wildman–Crippen MR) is 42.8 cm³/mol. The van der Waals surface area contributed by atoms with Crippen LogP contribution in [0.1, 0.15) is 6.42 Å². The Morgan fingerprint density at radius 1 is 1.45 bits per heavy atom. The van der Waals surface area contributed by atoms with Crippen molar-refractivity contribution in [1.82, 2.24) is 10.4 Å². The third kappa shape index (κ3) is 3.46. The molecule has 0 aliphatic carbocycles. The Bertz CT molecular complexity index is 112. The Balaban J connectivity index is 2.00. The van der Waals surface area contributed by atoms with Gasteiger partial charge in [0.25, 0.3) is 0 Å². The van der Waals surface area contributed by atoms with Crippen LogP contribution in [-0.4, -0.2) is 44.1 Å². The van der Waals surface area contributed by atoms with Crippen LogP contribution < -0.4 is 5.43 Å². The van der Waals surface area contributed by atoms with Crippen LogP contribution in [0.3, 0.4) is 0 Å². The van der Waals surface area contributed by atoms with E-state index in [4.69, 9.17) is 10.1 Å². The summed E-state index contributed by atoms with van der Waals surface area (Å²) < 4.78 is 5.16. The van der Waals surface area contributed by atoms with E-state index < -0.39 is 0 Å². The molecule has 4 nitrogen and oxygen atoms in total. The largest absolute Gasteiger partial charge is 0.379 e. The van der Waals surface area contributed by atoms with Gasteiger partial charge in [0.05, 0.1) is 13.2 Å². The number of hydrogen-bond acceptors (Lipinski definition) is 3. The molecule has 0 aromatic rings. The van der Waals surface area contributed by atoms with Crippen molar-refractivity contribution in [1.29, 1.82) is 5.41 Å². The van der Waals surface area contributed by atoms with Crippen LogP contribution in [0.2, 0.25) is 0 Å². The Labute approximate surface area is 67.0 Å². The van der Waals surface area contributed by atoms with Crippen molar-refractivity contribution in [2.24, 2.45) is 0 Å². The summed E-state index contributed by atoms with van der Waals surface area (Å²) in [5, 5.41) is 8.81. The summed E-state index contributed by atoms with van der Waals surface area (Å²) in [6, 6.07) is 0.